The number of methoxy groups -OCH3 is 1. The highest BCUT2D eigenvalue weighted by atomic mass is 16.7. The summed E-state index contributed by atoms with van der Waals surface area (Å²) in [6, 6.07) is 0.747. The summed E-state index contributed by atoms with van der Waals surface area (Å²) in [5, 5.41) is 37.4. The summed E-state index contributed by atoms with van der Waals surface area (Å²) in [5.74, 6) is 1.77. The lowest BCUT2D eigenvalue weighted by Gasteiger charge is -2.62. The molecule has 8 rings (SSSR count). The zero-order chi connectivity index (χ0) is 38.5. The van der Waals surface area contributed by atoms with Gasteiger partial charge in [0.05, 0.1) is 25.0 Å². The normalized spacial score (nSPS) is 45.4. The van der Waals surface area contributed by atoms with Gasteiger partial charge in [-0.05, 0) is 114 Å². The van der Waals surface area contributed by atoms with Crippen molar-refractivity contribution in [2.45, 2.75) is 159 Å². The van der Waals surface area contributed by atoms with Crippen molar-refractivity contribution >= 4 is 11.8 Å². The van der Waals surface area contributed by atoms with E-state index in [1.165, 1.54) is 32.1 Å². The number of hydrogen-bond acceptors (Lipinski definition) is 10. The van der Waals surface area contributed by atoms with Gasteiger partial charge >= 0.3 is 0 Å². The Kier molecular flexibility index (Phi) is 12.7. The average molecular weight is 759 g/mol. The maximum absolute atomic E-state index is 14.3. The summed E-state index contributed by atoms with van der Waals surface area (Å²) in [7, 11) is 6.09. The van der Waals surface area contributed by atoms with Gasteiger partial charge in [-0.25, -0.2) is 0 Å². The first kappa shape index (κ1) is 40.8. The summed E-state index contributed by atoms with van der Waals surface area (Å²) < 4.78 is 6.42. The predicted molar refractivity (Wildman–Crippen MR) is 208 cm³/mol. The van der Waals surface area contributed by atoms with Gasteiger partial charge in [0.15, 0.2) is 0 Å². The molecule has 0 aromatic rings. The van der Waals surface area contributed by atoms with Crippen molar-refractivity contribution in [3.63, 3.8) is 0 Å². The van der Waals surface area contributed by atoms with Crippen LogP contribution < -0.4 is 21.3 Å². The van der Waals surface area contributed by atoms with E-state index in [1.807, 2.05) is 7.11 Å². The number of amides is 2. The van der Waals surface area contributed by atoms with Gasteiger partial charge in [-0.1, -0.05) is 40.0 Å². The molecule has 0 aromatic heterocycles. The minimum Gasteiger partial charge on any atom is -0.394 e. The number of nitrogens with one attached hydrogen (secondary N) is 4. The van der Waals surface area contributed by atoms with Crippen molar-refractivity contribution in [1.29, 1.82) is 0 Å². The molecule has 2 heterocycles. The summed E-state index contributed by atoms with van der Waals surface area (Å²) in [6.45, 7) is 9.55. The lowest BCUT2D eigenvalue weighted by molar-refractivity contribution is -0.193. The summed E-state index contributed by atoms with van der Waals surface area (Å²) in [4.78, 5) is 36.9. The zero-order valence-corrected chi connectivity index (χ0v) is 34.3. The molecule has 2 bridgehead atoms. The van der Waals surface area contributed by atoms with Crippen LogP contribution in [0.15, 0.2) is 0 Å². The number of carbonyl (C=O) groups is 2. The highest BCUT2D eigenvalue weighted by molar-refractivity contribution is 5.83. The number of aliphatic hydroxyl groups excluding tert-OH is 2. The molecule has 16 atom stereocenters. The van der Waals surface area contributed by atoms with E-state index >= 15 is 0 Å². The van der Waals surface area contributed by atoms with E-state index in [0.29, 0.717) is 60.3 Å². The van der Waals surface area contributed by atoms with E-state index in [4.69, 9.17) is 9.57 Å². The highest BCUT2D eigenvalue weighted by Crippen LogP contribution is 2.61. The Morgan fingerprint density at radius 2 is 1.72 bits per heavy atom. The number of rotatable bonds is 12. The number of hydrogen-bond donors (Lipinski definition) is 6. The van der Waals surface area contributed by atoms with Crippen LogP contribution in [0.2, 0.25) is 0 Å². The fourth-order valence-electron chi connectivity index (χ4n) is 13.0. The molecule has 0 spiro atoms. The third kappa shape index (κ3) is 8.03. The fourth-order valence-corrected chi connectivity index (χ4v) is 13.0. The second-order valence-corrected chi connectivity index (χ2v) is 19.7. The number of ether oxygens (including phenoxy) is 1. The van der Waals surface area contributed by atoms with Gasteiger partial charge in [0.1, 0.15) is 12.1 Å². The molecule has 2 aliphatic heterocycles. The first-order valence-corrected chi connectivity index (χ1v) is 21.8. The van der Waals surface area contributed by atoms with Crippen molar-refractivity contribution in [3.8, 4) is 0 Å². The van der Waals surface area contributed by atoms with Gasteiger partial charge in [0.25, 0.3) is 0 Å². The van der Waals surface area contributed by atoms with Crippen LogP contribution in [0.4, 0.5) is 0 Å². The van der Waals surface area contributed by atoms with E-state index in [1.54, 1.807) is 12.0 Å². The van der Waals surface area contributed by atoms with E-state index in [2.05, 4.69) is 61.0 Å². The summed E-state index contributed by atoms with van der Waals surface area (Å²) >= 11 is 0. The predicted octanol–water partition coefficient (Wildman–Crippen LogP) is 2.87. The zero-order valence-electron chi connectivity index (χ0n) is 34.3. The number of aliphatic hydroxyl groups is 2. The van der Waals surface area contributed by atoms with Gasteiger partial charge in [-0.2, -0.15) is 5.06 Å². The minimum atomic E-state index is -0.825. The Morgan fingerprint density at radius 3 is 2.33 bits per heavy atom. The topological polar surface area (TPSA) is 148 Å². The van der Waals surface area contributed by atoms with Crippen LogP contribution in [0.25, 0.3) is 0 Å². The van der Waals surface area contributed by atoms with E-state index < -0.39 is 24.2 Å². The molecule has 0 radical (unpaired) electrons. The smallest absolute Gasteiger partial charge is 0.240 e. The third-order valence-corrected chi connectivity index (χ3v) is 16.3. The van der Waals surface area contributed by atoms with Crippen LogP contribution >= 0.6 is 0 Å². The molecule has 0 aromatic carbocycles. The molecule has 12 nitrogen and oxygen atoms in total. The molecule has 8 fully saturated rings. The van der Waals surface area contributed by atoms with Crippen LogP contribution in [0.3, 0.4) is 0 Å². The van der Waals surface area contributed by atoms with E-state index in [9.17, 15) is 19.8 Å². The maximum atomic E-state index is 14.3. The molecule has 2 saturated heterocycles. The average Bonchev–Trinajstić information content (AvgIpc) is 3.75. The Hall–Kier alpha value is -1.38. The first-order chi connectivity index (χ1) is 25.8. The maximum Gasteiger partial charge on any atom is 0.240 e. The number of carbonyl (C=O) groups excluding carboxylic acids is 2. The molecular formula is C42H74N6O6. The Labute approximate surface area is 324 Å². The quantitative estimate of drug-likeness (QED) is 0.176. The van der Waals surface area contributed by atoms with E-state index in [-0.39, 0.29) is 54.5 Å². The lowest BCUT2D eigenvalue weighted by atomic mass is 9.45. The van der Waals surface area contributed by atoms with Crippen LogP contribution in [0.1, 0.15) is 105 Å². The molecule has 12 heteroatoms. The monoisotopic (exact) mass is 759 g/mol. The first-order valence-electron chi connectivity index (χ1n) is 21.8. The van der Waals surface area contributed by atoms with Crippen LogP contribution in [-0.2, 0) is 19.2 Å². The second-order valence-electron chi connectivity index (χ2n) is 19.7. The summed E-state index contributed by atoms with van der Waals surface area (Å²) in [6.07, 6.45) is 11.6. The van der Waals surface area contributed by atoms with Crippen molar-refractivity contribution < 1.29 is 29.4 Å². The molecule has 8 unspecified atom stereocenters. The Bertz CT molecular complexity index is 1290. The molecule has 6 N–H and O–H groups in total. The van der Waals surface area contributed by atoms with Gasteiger partial charge < -0.3 is 30.5 Å². The summed E-state index contributed by atoms with van der Waals surface area (Å²) in [5.41, 5.74) is 0.317. The SMILES string of the molecule is COC1C(CN2O[C@@H](CO)[C@H]([C@H](C)O)[C@H]2C(=O)N[C@H]2C[C@H]3C[C@@H]([C@@H]2C)C3(C)C)CCCC1C1CC(C(=O)NCC2NC3CCCCC3N2)CC(N(C)C)C1. The molecule has 308 valence electrons. The Balaban J connectivity index is 1.02. The molecule has 6 aliphatic carbocycles. The lowest BCUT2D eigenvalue weighted by Crippen LogP contribution is -2.62. The van der Waals surface area contributed by atoms with Crippen LogP contribution in [0.5, 0.6) is 0 Å². The standard InChI is InChI=1S/C42H74N6O6/c1-23-31-18-28(42(31,3)4)19-34(23)46-41(52)38-37(24(2)50)35(22-49)54-48(38)21-25-11-10-12-30(39(25)53-7)26-15-27(17-29(16-26)47(5)6)40(51)43-20-36-44-32-13-8-9-14-33(32)45-36/h23-39,44-45,49-50H,8-22H2,1-7H3,(H,43,51)(H,46,52)/t23-,24-,25?,26?,27?,28+,29?,30?,31-,32?,33?,34-,35-,36?,37-,38-,39?/m0/s1. The van der Waals surface area contributed by atoms with Crippen molar-refractivity contribution in [2.24, 2.45) is 52.8 Å². The van der Waals surface area contributed by atoms with Gasteiger partial charge in [-0.3, -0.25) is 25.1 Å². The van der Waals surface area contributed by atoms with Gasteiger partial charge in [0.2, 0.25) is 11.8 Å². The van der Waals surface area contributed by atoms with Gasteiger partial charge in [0, 0.05) is 62.1 Å². The molecule has 6 saturated carbocycles. The number of fused-ring (bicyclic) bond motifs is 3. The Morgan fingerprint density at radius 1 is 1.00 bits per heavy atom. The van der Waals surface area contributed by atoms with Crippen LogP contribution in [-0.4, -0.2) is 128 Å². The third-order valence-electron chi connectivity index (χ3n) is 16.3. The molecule has 8 aliphatic rings. The second kappa shape index (κ2) is 16.8. The van der Waals surface area contributed by atoms with Crippen molar-refractivity contribution in [3.05, 3.63) is 0 Å². The molecule has 2 amide bonds. The fraction of sp³-hybridized carbons (Fsp3) is 0.952. The number of nitrogens with zero attached hydrogens (tertiary/aromatic N) is 2. The van der Waals surface area contributed by atoms with Gasteiger partial charge in [-0.15, -0.1) is 0 Å². The minimum absolute atomic E-state index is 0.0522. The highest BCUT2D eigenvalue weighted by Gasteiger charge is 2.58. The number of hydroxylamine groups is 2. The van der Waals surface area contributed by atoms with E-state index in [0.717, 1.165) is 44.9 Å². The van der Waals surface area contributed by atoms with Crippen LogP contribution in [0, 0.1) is 52.8 Å². The van der Waals surface area contributed by atoms with Crippen molar-refractivity contribution in [2.75, 3.05) is 40.9 Å². The largest absolute Gasteiger partial charge is 0.394 e. The van der Waals surface area contributed by atoms with Crippen molar-refractivity contribution in [1.82, 2.24) is 31.2 Å². The molecular weight excluding hydrogens is 684 g/mol. The molecule has 54 heavy (non-hydrogen) atoms.